The van der Waals surface area contributed by atoms with E-state index in [1.165, 1.54) is 0 Å². The molecule has 2 rings (SSSR count). The summed E-state index contributed by atoms with van der Waals surface area (Å²) in [6.07, 6.45) is 1.57. The summed E-state index contributed by atoms with van der Waals surface area (Å²) in [6, 6.07) is 5.38. The van der Waals surface area contributed by atoms with Crippen LogP contribution in [0.2, 0.25) is 0 Å². The van der Waals surface area contributed by atoms with E-state index in [0.29, 0.717) is 17.2 Å². The zero-order valence-electron chi connectivity index (χ0n) is 14.4. The van der Waals surface area contributed by atoms with Crippen LogP contribution >= 0.6 is 0 Å². The van der Waals surface area contributed by atoms with E-state index in [1.54, 1.807) is 32.6 Å². The van der Waals surface area contributed by atoms with Crippen LogP contribution in [0.5, 0.6) is 11.5 Å². The van der Waals surface area contributed by atoms with E-state index in [4.69, 9.17) is 9.47 Å². The summed E-state index contributed by atoms with van der Waals surface area (Å²) in [7, 11) is 3.14. The van der Waals surface area contributed by atoms with Crippen molar-refractivity contribution in [1.29, 1.82) is 0 Å². The number of rotatable bonds is 5. The lowest BCUT2D eigenvalue weighted by atomic mass is 9.93. The molecule has 0 spiro atoms. The first-order valence-electron chi connectivity index (χ1n) is 7.33. The van der Waals surface area contributed by atoms with Crippen LogP contribution in [0.15, 0.2) is 28.1 Å². The van der Waals surface area contributed by atoms with Crippen molar-refractivity contribution in [3.8, 4) is 11.5 Å². The Kier molecular flexibility index (Phi) is 5.18. The number of methoxy groups -OCH3 is 2. The predicted octanol–water partition coefficient (Wildman–Crippen LogP) is 1.93. The van der Waals surface area contributed by atoms with Crippen molar-refractivity contribution < 1.29 is 9.47 Å². The van der Waals surface area contributed by atoms with E-state index in [0.717, 1.165) is 5.56 Å². The van der Waals surface area contributed by atoms with Crippen LogP contribution in [0.3, 0.4) is 0 Å². The number of hydrogen-bond acceptors (Lipinski definition) is 7. The van der Waals surface area contributed by atoms with Crippen molar-refractivity contribution in [3.05, 3.63) is 39.8 Å². The first-order valence-corrected chi connectivity index (χ1v) is 7.33. The van der Waals surface area contributed by atoms with Gasteiger partial charge in [-0.05, 0) is 23.8 Å². The molecular weight excluding hydrogens is 310 g/mol. The lowest BCUT2D eigenvalue weighted by molar-refractivity contribution is 0.355. The van der Waals surface area contributed by atoms with E-state index in [9.17, 15) is 4.79 Å². The molecule has 8 heteroatoms. The van der Waals surface area contributed by atoms with Gasteiger partial charge in [0.15, 0.2) is 11.5 Å². The molecule has 0 amide bonds. The van der Waals surface area contributed by atoms with E-state index >= 15 is 0 Å². The molecule has 0 saturated heterocycles. The Hall–Kier alpha value is -2.90. The van der Waals surface area contributed by atoms with E-state index in [1.807, 2.05) is 26.8 Å². The number of hydrazone groups is 1. The van der Waals surface area contributed by atoms with Crippen LogP contribution in [-0.4, -0.2) is 35.6 Å². The average molecular weight is 331 g/mol. The first-order chi connectivity index (χ1) is 11.3. The second kappa shape index (κ2) is 7.12. The lowest BCUT2D eigenvalue weighted by Crippen LogP contribution is -2.28. The summed E-state index contributed by atoms with van der Waals surface area (Å²) in [5.74, 6) is 1.41. The molecule has 24 heavy (non-hydrogen) atoms. The summed E-state index contributed by atoms with van der Waals surface area (Å²) in [5, 5.41) is 11.9. The Bertz CT molecular complexity index is 793. The molecule has 0 aliphatic rings. The number of H-pyrrole nitrogens is 1. The monoisotopic (exact) mass is 331 g/mol. The van der Waals surface area contributed by atoms with Gasteiger partial charge >= 0.3 is 0 Å². The van der Waals surface area contributed by atoms with Crippen molar-refractivity contribution in [2.24, 2.45) is 5.10 Å². The van der Waals surface area contributed by atoms with Crippen molar-refractivity contribution in [2.45, 2.75) is 26.2 Å². The largest absolute Gasteiger partial charge is 0.493 e. The fraction of sp³-hybridized carbons (Fsp3) is 0.375. The van der Waals surface area contributed by atoms with Crippen molar-refractivity contribution >= 4 is 12.2 Å². The van der Waals surface area contributed by atoms with Crippen LogP contribution in [0.4, 0.5) is 5.95 Å². The second-order valence-corrected chi connectivity index (χ2v) is 6.09. The zero-order chi connectivity index (χ0) is 17.7. The molecule has 0 unspecified atom stereocenters. The molecule has 0 radical (unpaired) electrons. The molecule has 1 heterocycles. The minimum Gasteiger partial charge on any atom is -0.493 e. The minimum atomic E-state index is -0.373. The molecule has 2 N–H and O–H groups in total. The van der Waals surface area contributed by atoms with Crippen LogP contribution in [0.25, 0.3) is 0 Å². The van der Waals surface area contributed by atoms with Gasteiger partial charge in [-0.25, -0.2) is 5.43 Å². The van der Waals surface area contributed by atoms with Gasteiger partial charge in [0.25, 0.3) is 5.56 Å². The highest BCUT2D eigenvalue weighted by atomic mass is 16.5. The van der Waals surface area contributed by atoms with E-state index < -0.39 is 0 Å². The SMILES string of the molecule is COc1ccc(/C=N/Nc2nnc(C(C)(C)C)c(=O)[nH]2)cc1OC. The number of benzene rings is 1. The molecule has 128 valence electrons. The van der Waals surface area contributed by atoms with Gasteiger partial charge in [-0.2, -0.15) is 5.10 Å². The highest BCUT2D eigenvalue weighted by Gasteiger charge is 2.20. The van der Waals surface area contributed by atoms with Crippen LogP contribution in [0.1, 0.15) is 32.0 Å². The number of nitrogens with one attached hydrogen (secondary N) is 2. The normalized spacial score (nSPS) is 11.5. The zero-order valence-corrected chi connectivity index (χ0v) is 14.4. The van der Waals surface area contributed by atoms with Crippen molar-refractivity contribution in [1.82, 2.24) is 15.2 Å². The van der Waals surface area contributed by atoms with Gasteiger partial charge in [0.2, 0.25) is 5.95 Å². The Morgan fingerprint density at radius 1 is 1.17 bits per heavy atom. The molecule has 1 aromatic heterocycles. The second-order valence-electron chi connectivity index (χ2n) is 6.09. The molecule has 0 bridgehead atoms. The molecule has 0 saturated carbocycles. The topological polar surface area (TPSA) is 101 Å². The Labute approximate surface area is 139 Å². The highest BCUT2D eigenvalue weighted by molar-refractivity contribution is 5.81. The first kappa shape index (κ1) is 17.5. The predicted molar refractivity (Wildman–Crippen MR) is 92.1 cm³/mol. The Morgan fingerprint density at radius 2 is 1.88 bits per heavy atom. The maximum Gasteiger partial charge on any atom is 0.274 e. The van der Waals surface area contributed by atoms with Gasteiger partial charge in [-0.15, -0.1) is 10.2 Å². The lowest BCUT2D eigenvalue weighted by Gasteiger charge is -2.15. The maximum absolute atomic E-state index is 12.0. The number of anilines is 1. The Balaban J connectivity index is 2.12. The summed E-state index contributed by atoms with van der Waals surface area (Å²) in [4.78, 5) is 14.6. The fourth-order valence-corrected chi connectivity index (χ4v) is 1.98. The number of aromatic nitrogens is 3. The maximum atomic E-state index is 12.0. The molecule has 0 atom stereocenters. The van der Waals surface area contributed by atoms with Crippen LogP contribution < -0.4 is 20.5 Å². The number of nitrogens with zero attached hydrogens (tertiary/aromatic N) is 3. The highest BCUT2D eigenvalue weighted by Crippen LogP contribution is 2.26. The number of hydrogen-bond donors (Lipinski definition) is 2. The summed E-state index contributed by atoms with van der Waals surface area (Å²) in [5.41, 5.74) is 3.15. The third-order valence-corrected chi connectivity index (χ3v) is 3.20. The number of aromatic amines is 1. The van der Waals surface area contributed by atoms with Gasteiger partial charge in [-0.1, -0.05) is 20.8 Å². The third kappa shape index (κ3) is 4.09. The molecular formula is C16H21N5O3. The fourth-order valence-electron chi connectivity index (χ4n) is 1.98. The van der Waals surface area contributed by atoms with Crippen molar-refractivity contribution in [3.63, 3.8) is 0 Å². The molecule has 0 aliphatic carbocycles. The summed E-state index contributed by atoms with van der Waals surface area (Å²) in [6.45, 7) is 5.69. The van der Waals surface area contributed by atoms with Gasteiger partial charge in [-0.3, -0.25) is 9.78 Å². The summed E-state index contributed by atoms with van der Waals surface area (Å²) >= 11 is 0. The Morgan fingerprint density at radius 3 is 2.46 bits per heavy atom. The molecule has 8 nitrogen and oxygen atoms in total. The summed E-state index contributed by atoms with van der Waals surface area (Å²) < 4.78 is 10.4. The average Bonchev–Trinajstić information content (AvgIpc) is 2.53. The molecule has 2 aromatic rings. The van der Waals surface area contributed by atoms with Crippen molar-refractivity contribution in [2.75, 3.05) is 19.6 Å². The third-order valence-electron chi connectivity index (χ3n) is 3.20. The quantitative estimate of drug-likeness (QED) is 0.641. The standard InChI is InChI=1S/C16H21N5O3/c1-16(2,3)13-14(22)18-15(21-19-13)20-17-9-10-6-7-11(23-4)12(8-10)24-5/h6-9H,1-5H3,(H2,18,20,21,22)/b17-9+. The molecule has 0 aliphatic heterocycles. The van der Waals surface area contributed by atoms with E-state index in [2.05, 4.69) is 25.7 Å². The minimum absolute atomic E-state index is 0.171. The van der Waals surface area contributed by atoms with Gasteiger partial charge in [0, 0.05) is 5.41 Å². The smallest absolute Gasteiger partial charge is 0.274 e. The molecule has 1 aromatic carbocycles. The van der Waals surface area contributed by atoms with Gasteiger partial charge in [0.05, 0.1) is 20.4 Å². The van der Waals surface area contributed by atoms with Gasteiger partial charge in [0.1, 0.15) is 5.69 Å². The van der Waals surface area contributed by atoms with Crippen LogP contribution in [-0.2, 0) is 5.41 Å². The molecule has 0 fully saturated rings. The van der Waals surface area contributed by atoms with E-state index in [-0.39, 0.29) is 16.9 Å². The number of ether oxygens (including phenoxy) is 2. The van der Waals surface area contributed by atoms with Crippen LogP contribution in [0, 0.1) is 0 Å². The van der Waals surface area contributed by atoms with Gasteiger partial charge < -0.3 is 9.47 Å².